The Morgan fingerprint density at radius 2 is 2.21 bits per heavy atom. The minimum atomic E-state index is 0.317. The van der Waals surface area contributed by atoms with Gasteiger partial charge < -0.3 is 14.8 Å². The molecular formula is C16H23NO2. The zero-order chi connectivity index (χ0) is 13.3. The van der Waals surface area contributed by atoms with E-state index >= 15 is 0 Å². The monoisotopic (exact) mass is 261 g/mol. The Morgan fingerprint density at radius 3 is 2.95 bits per heavy atom. The van der Waals surface area contributed by atoms with Crippen LogP contribution in [-0.4, -0.2) is 26.4 Å². The van der Waals surface area contributed by atoms with Crippen LogP contribution in [0.5, 0.6) is 5.75 Å². The molecule has 1 fully saturated rings. The van der Waals surface area contributed by atoms with Gasteiger partial charge in [-0.15, -0.1) is 0 Å². The zero-order valence-electron chi connectivity index (χ0n) is 11.9. The van der Waals surface area contributed by atoms with Crippen LogP contribution in [0.2, 0.25) is 0 Å². The van der Waals surface area contributed by atoms with Crippen LogP contribution < -0.4 is 10.1 Å². The molecule has 0 aliphatic carbocycles. The van der Waals surface area contributed by atoms with Crippen molar-refractivity contribution in [2.24, 2.45) is 5.41 Å². The summed E-state index contributed by atoms with van der Waals surface area (Å²) in [5.41, 5.74) is 2.88. The summed E-state index contributed by atoms with van der Waals surface area (Å²) in [6.45, 7) is 8.02. The fourth-order valence-corrected chi connectivity index (χ4v) is 2.90. The predicted molar refractivity (Wildman–Crippen MR) is 75.6 cm³/mol. The number of ether oxygens (including phenoxy) is 2. The van der Waals surface area contributed by atoms with Gasteiger partial charge in [0, 0.05) is 23.6 Å². The van der Waals surface area contributed by atoms with E-state index in [0.717, 1.165) is 45.0 Å². The van der Waals surface area contributed by atoms with Crippen LogP contribution >= 0.6 is 0 Å². The fraction of sp³-hybridized carbons (Fsp3) is 0.625. The summed E-state index contributed by atoms with van der Waals surface area (Å²) in [5, 5.41) is 3.73. The molecule has 1 aromatic rings. The molecule has 3 rings (SSSR count). The van der Waals surface area contributed by atoms with Crippen molar-refractivity contribution in [1.82, 2.24) is 5.32 Å². The zero-order valence-corrected chi connectivity index (χ0v) is 11.9. The van der Waals surface area contributed by atoms with Gasteiger partial charge in [0.05, 0.1) is 19.8 Å². The molecule has 0 spiro atoms. The van der Waals surface area contributed by atoms with Crippen molar-refractivity contribution in [3.63, 3.8) is 0 Å². The maximum absolute atomic E-state index is 5.92. The average Bonchev–Trinajstić information content (AvgIpc) is 2.58. The highest BCUT2D eigenvalue weighted by Gasteiger charge is 2.34. The molecule has 2 aliphatic rings. The molecule has 1 N–H and O–H groups in total. The van der Waals surface area contributed by atoms with E-state index in [1.165, 1.54) is 11.1 Å². The first kappa shape index (κ1) is 12.9. The van der Waals surface area contributed by atoms with E-state index in [0.29, 0.717) is 11.5 Å². The molecule has 0 amide bonds. The van der Waals surface area contributed by atoms with E-state index in [2.05, 4.69) is 37.4 Å². The minimum absolute atomic E-state index is 0.317. The highest BCUT2D eigenvalue weighted by molar-refractivity contribution is 5.43. The molecule has 1 unspecified atom stereocenters. The summed E-state index contributed by atoms with van der Waals surface area (Å²) in [6, 6.07) is 6.87. The molecular weight excluding hydrogens is 238 g/mol. The first-order valence-electron chi connectivity index (χ1n) is 7.21. The topological polar surface area (TPSA) is 30.5 Å². The first-order chi connectivity index (χ1) is 9.18. The summed E-state index contributed by atoms with van der Waals surface area (Å²) in [4.78, 5) is 0. The largest absolute Gasteiger partial charge is 0.493 e. The third-order valence-electron chi connectivity index (χ3n) is 4.18. The lowest BCUT2D eigenvalue weighted by atomic mass is 9.88. The lowest BCUT2D eigenvalue weighted by Gasteiger charge is -2.39. The van der Waals surface area contributed by atoms with Crippen LogP contribution in [0, 0.1) is 12.3 Å². The van der Waals surface area contributed by atoms with E-state index in [-0.39, 0.29) is 0 Å². The standard InChI is InChI=1S/C16H23NO2/c1-12-5-3-6-13-14(7-4-8-19-15(12)13)17-9-16(2)10-18-11-16/h3,5-6,14,17H,4,7-11H2,1-2H3. The highest BCUT2D eigenvalue weighted by atomic mass is 16.5. The summed E-state index contributed by atoms with van der Waals surface area (Å²) >= 11 is 0. The molecule has 19 heavy (non-hydrogen) atoms. The normalized spacial score (nSPS) is 24.8. The van der Waals surface area contributed by atoms with Crippen LogP contribution in [-0.2, 0) is 4.74 Å². The predicted octanol–water partition coefficient (Wildman–Crippen LogP) is 2.83. The molecule has 3 nitrogen and oxygen atoms in total. The van der Waals surface area contributed by atoms with Crippen LogP contribution in [0.25, 0.3) is 0 Å². The Bertz CT molecular complexity index is 454. The van der Waals surface area contributed by atoms with Gasteiger partial charge in [-0.25, -0.2) is 0 Å². The molecule has 2 aliphatic heterocycles. The summed E-state index contributed by atoms with van der Waals surface area (Å²) in [7, 11) is 0. The summed E-state index contributed by atoms with van der Waals surface area (Å²) in [5.74, 6) is 1.09. The Kier molecular flexibility index (Phi) is 3.50. The molecule has 1 atom stereocenters. The van der Waals surface area contributed by atoms with E-state index in [1.54, 1.807) is 0 Å². The molecule has 104 valence electrons. The molecule has 1 aromatic carbocycles. The molecule has 0 aromatic heterocycles. The first-order valence-corrected chi connectivity index (χ1v) is 7.21. The highest BCUT2D eigenvalue weighted by Crippen LogP contribution is 2.35. The Balaban J connectivity index is 1.76. The van der Waals surface area contributed by atoms with Crippen molar-refractivity contribution >= 4 is 0 Å². The number of fused-ring (bicyclic) bond motifs is 1. The van der Waals surface area contributed by atoms with E-state index in [4.69, 9.17) is 9.47 Å². The van der Waals surface area contributed by atoms with E-state index < -0.39 is 0 Å². The average molecular weight is 261 g/mol. The van der Waals surface area contributed by atoms with Crippen molar-refractivity contribution in [2.75, 3.05) is 26.4 Å². The number of aryl methyl sites for hydroxylation is 1. The quantitative estimate of drug-likeness (QED) is 0.907. The van der Waals surface area contributed by atoms with Gasteiger partial charge in [0.25, 0.3) is 0 Å². The third kappa shape index (κ3) is 2.63. The maximum Gasteiger partial charge on any atom is 0.126 e. The van der Waals surface area contributed by atoms with Crippen molar-refractivity contribution in [1.29, 1.82) is 0 Å². The lowest BCUT2D eigenvalue weighted by molar-refractivity contribution is -0.100. The van der Waals surface area contributed by atoms with Crippen LogP contribution in [0.3, 0.4) is 0 Å². The molecule has 0 saturated carbocycles. The van der Waals surface area contributed by atoms with Crippen molar-refractivity contribution in [2.45, 2.75) is 32.7 Å². The van der Waals surface area contributed by atoms with Crippen LogP contribution in [0.1, 0.15) is 36.9 Å². The van der Waals surface area contributed by atoms with E-state index in [9.17, 15) is 0 Å². The molecule has 1 saturated heterocycles. The van der Waals surface area contributed by atoms with Gasteiger partial charge in [-0.3, -0.25) is 0 Å². The van der Waals surface area contributed by atoms with Gasteiger partial charge >= 0.3 is 0 Å². The second-order valence-electron chi connectivity index (χ2n) is 6.22. The molecule has 0 radical (unpaired) electrons. The third-order valence-corrected chi connectivity index (χ3v) is 4.18. The second kappa shape index (κ2) is 5.14. The molecule has 3 heteroatoms. The van der Waals surface area contributed by atoms with Crippen molar-refractivity contribution in [3.8, 4) is 5.75 Å². The van der Waals surface area contributed by atoms with Gasteiger partial charge in [0.2, 0.25) is 0 Å². The molecule has 0 bridgehead atoms. The maximum atomic E-state index is 5.92. The van der Waals surface area contributed by atoms with Crippen molar-refractivity contribution in [3.05, 3.63) is 29.3 Å². The Morgan fingerprint density at radius 1 is 1.37 bits per heavy atom. The van der Waals surface area contributed by atoms with Gasteiger partial charge in [-0.05, 0) is 25.3 Å². The Hall–Kier alpha value is -1.06. The van der Waals surface area contributed by atoms with Gasteiger partial charge in [-0.1, -0.05) is 25.1 Å². The van der Waals surface area contributed by atoms with Crippen LogP contribution in [0.15, 0.2) is 18.2 Å². The number of para-hydroxylation sites is 1. The van der Waals surface area contributed by atoms with Gasteiger partial charge in [-0.2, -0.15) is 0 Å². The number of hydrogen-bond acceptors (Lipinski definition) is 3. The molecule has 2 heterocycles. The smallest absolute Gasteiger partial charge is 0.126 e. The number of rotatable bonds is 3. The van der Waals surface area contributed by atoms with Gasteiger partial charge in [0.15, 0.2) is 0 Å². The summed E-state index contributed by atoms with van der Waals surface area (Å²) < 4.78 is 11.2. The van der Waals surface area contributed by atoms with Crippen LogP contribution in [0.4, 0.5) is 0 Å². The summed E-state index contributed by atoms with van der Waals surface area (Å²) in [6.07, 6.45) is 2.26. The van der Waals surface area contributed by atoms with Crippen molar-refractivity contribution < 1.29 is 9.47 Å². The second-order valence-corrected chi connectivity index (χ2v) is 6.22. The van der Waals surface area contributed by atoms with E-state index in [1.807, 2.05) is 0 Å². The number of nitrogens with one attached hydrogen (secondary N) is 1. The number of hydrogen-bond donors (Lipinski definition) is 1. The lowest BCUT2D eigenvalue weighted by Crippen LogP contribution is -2.48. The number of benzene rings is 1. The fourth-order valence-electron chi connectivity index (χ4n) is 2.90. The Labute approximate surface area is 115 Å². The van der Waals surface area contributed by atoms with Gasteiger partial charge in [0.1, 0.15) is 5.75 Å². The SMILES string of the molecule is Cc1cccc2c1OCCCC2NCC1(C)COC1. The minimum Gasteiger partial charge on any atom is -0.493 e.